The Labute approximate surface area is 150 Å². The Morgan fingerprint density at radius 3 is 2.52 bits per heavy atom. The first-order valence-electron chi connectivity index (χ1n) is 9.12. The van der Waals surface area contributed by atoms with Crippen molar-refractivity contribution in [3.8, 4) is 0 Å². The standard InChI is InChI=1S/C21H30N2O2/c1-3-23-18(14-15-21(2,22)16-24)12-13-19(23)20(25)11-7-10-17-8-5-4-6-9-17/h4-6,8-9,12-13,24H,3,7,10-11,14-16,22H2,1-2H3. The number of carbonyl (C=O) groups excluding carboxylic acids is 1. The van der Waals surface area contributed by atoms with Gasteiger partial charge in [-0.2, -0.15) is 0 Å². The number of nitrogens with two attached hydrogens (primary N) is 1. The summed E-state index contributed by atoms with van der Waals surface area (Å²) in [6.07, 6.45) is 3.80. The van der Waals surface area contributed by atoms with Gasteiger partial charge in [0, 0.05) is 24.2 Å². The maximum Gasteiger partial charge on any atom is 0.179 e. The van der Waals surface area contributed by atoms with Gasteiger partial charge >= 0.3 is 0 Å². The molecule has 0 fully saturated rings. The first-order valence-corrected chi connectivity index (χ1v) is 9.12. The minimum Gasteiger partial charge on any atom is -0.394 e. The van der Waals surface area contributed by atoms with Crippen LogP contribution in [0.5, 0.6) is 0 Å². The van der Waals surface area contributed by atoms with Crippen molar-refractivity contribution in [1.82, 2.24) is 4.57 Å². The predicted octanol–water partition coefficient (Wildman–Crippen LogP) is 3.36. The van der Waals surface area contributed by atoms with E-state index in [1.165, 1.54) is 5.56 Å². The fourth-order valence-electron chi connectivity index (χ4n) is 3.06. The molecule has 0 amide bonds. The van der Waals surface area contributed by atoms with Gasteiger partial charge in [0.2, 0.25) is 0 Å². The highest BCUT2D eigenvalue weighted by Gasteiger charge is 2.19. The molecule has 3 N–H and O–H groups in total. The van der Waals surface area contributed by atoms with E-state index in [1.54, 1.807) is 0 Å². The van der Waals surface area contributed by atoms with E-state index in [0.29, 0.717) is 12.8 Å². The third kappa shape index (κ3) is 5.55. The minimum absolute atomic E-state index is 0.0366. The molecule has 0 aliphatic rings. The number of ketones is 1. The molecule has 0 saturated heterocycles. The van der Waals surface area contributed by atoms with Crippen LogP contribution in [0.3, 0.4) is 0 Å². The largest absolute Gasteiger partial charge is 0.394 e. The minimum atomic E-state index is -0.581. The van der Waals surface area contributed by atoms with Crippen molar-refractivity contribution in [2.75, 3.05) is 6.61 Å². The zero-order valence-electron chi connectivity index (χ0n) is 15.4. The van der Waals surface area contributed by atoms with Crippen LogP contribution in [-0.4, -0.2) is 27.6 Å². The summed E-state index contributed by atoms with van der Waals surface area (Å²) < 4.78 is 2.08. The zero-order chi connectivity index (χ0) is 18.3. The Hall–Kier alpha value is -1.91. The van der Waals surface area contributed by atoms with Crippen molar-refractivity contribution in [2.24, 2.45) is 5.73 Å². The van der Waals surface area contributed by atoms with Crippen LogP contribution in [0.4, 0.5) is 0 Å². The lowest BCUT2D eigenvalue weighted by Gasteiger charge is -2.22. The van der Waals surface area contributed by atoms with Crippen molar-refractivity contribution >= 4 is 5.78 Å². The molecule has 136 valence electrons. The molecular weight excluding hydrogens is 312 g/mol. The molecule has 0 spiro atoms. The molecule has 4 nitrogen and oxygen atoms in total. The van der Waals surface area contributed by atoms with E-state index >= 15 is 0 Å². The number of aryl methyl sites for hydroxylation is 2. The molecule has 1 aromatic carbocycles. The number of aliphatic hydroxyl groups excluding tert-OH is 1. The quantitative estimate of drug-likeness (QED) is 0.651. The van der Waals surface area contributed by atoms with E-state index < -0.39 is 5.54 Å². The summed E-state index contributed by atoms with van der Waals surface area (Å²) in [5.74, 6) is 0.196. The lowest BCUT2D eigenvalue weighted by molar-refractivity contribution is 0.0971. The maximum absolute atomic E-state index is 12.6. The molecule has 1 heterocycles. The molecule has 1 unspecified atom stereocenters. The third-order valence-corrected chi connectivity index (χ3v) is 4.70. The van der Waals surface area contributed by atoms with Crippen LogP contribution in [0.2, 0.25) is 0 Å². The second-order valence-electron chi connectivity index (χ2n) is 7.03. The molecule has 2 rings (SSSR count). The van der Waals surface area contributed by atoms with Gasteiger partial charge in [0.15, 0.2) is 5.78 Å². The van der Waals surface area contributed by atoms with Gasteiger partial charge in [-0.25, -0.2) is 0 Å². The van der Waals surface area contributed by atoms with Crippen LogP contribution in [0.25, 0.3) is 0 Å². The number of benzene rings is 1. The van der Waals surface area contributed by atoms with Crippen molar-refractivity contribution in [3.05, 3.63) is 59.4 Å². The number of aromatic nitrogens is 1. The van der Waals surface area contributed by atoms with E-state index in [4.69, 9.17) is 5.73 Å². The normalized spacial score (nSPS) is 13.6. The van der Waals surface area contributed by atoms with Gasteiger partial charge in [-0.3, -0.25) is 4.79 Å². The van der Waals surface area contributed by atoms with E-state index in [0.717, 1.165) is 37.2 Å². The van der Waals surface area contributed by atoms with E-state index in [-0.39, 0.29) is 12.4 Å². The van der Waals surface area contributed by atoms with Crippen LogP contribution in [0, 0.1) is 0 Å². The Balaban J connectivity index is 1.95. The van der Waals surface area contributed by atoms with Crippen LogP contribution >= 0.6 is 0 Å². The molecule has 0 aliphatic carbocycles. The van der Waals surface area contributed by atoms with E-state index in [1.807, 2.05) is 37.3 Å². The Bertz CT molecular complexity index is 674. The van der Waals surface area contributed by atoms with Gasteiger partial charge in [0.25, 0.3) is 0 Å². The number of aliphatic hydroxyl groups is 1. The molecular formula is C21H30N2O2. The van der Waals surface area contributed by atoms with Crippen molar-refractivity contribution in [3.63, 3.8) is 0 Å². The highest BCUT2D eigenvalue weighted by Crippen LogP contribution is 2.17. The van der Waals surface area contributed by atoms with Crippen LogP contribution in [0.1, 0.15) is 54.9 Å². The number of Topliss-reactive ketones (excluding diaryl/α,β-unsaturated/α-hetero) is 1. The Morgan fingerprint density at radius 1 is 1.16 bits per heavy atom. The van der Waals surface area contributed by atoms with Crippen molar-refractivity contribution in [1.29, 1.82) is 0 Å². The number of hydrogen-bond acceptors (Lipinski definition) is 3. The highest BCUT2D eigenvalue weighted by atomic mass is 16.3. The maximum atomic E-state index is 12.6. The van der Waals surface area contributed by atoms with Gasteiger partial charge in [-0.1, -0.05) is 30.3 Å². The number of carbonyl (C=O) groups is 1. The average molecular weight is 342 g/mol. The second kappa shape index (κ2) is 8.97. The molecule has 4 heteroatoms. The number of rotatable bonds is 10. The third-order valence-electron chi connectivity index (χ3n) is 4.70. The van der Waals surface area contributed by atoms with Gasteiger partial charge in [0.1, 0.15) is 0 Å². The smallest absolute Gasteiger partial charge is 0.179 e. The van der Waals surface area contributed by atoms with Gasteiger partial charge in [-0.05, 0) is 57.2 Å². The molecule has 0 saturated carbocycles. The summed E-state index contributed by atoms with van der Waals surface area (Å²) >= 11 is 0. The summed E-state index contributed by atoms with van der Waals surface area (Å²) in [5.41, 5.74) is 8.60. The van der Waals surface area contributed by atoms with Crippen molar-refractivity contribution in [2.45, 2.75) is 58.0 Å². The summed E-state index contributed by atoms with van der Waals surface area (Å²) in [7, 11) is 0. The molecule has 25 heavy (non-hydrogen) atoms. The second-order valence-corrected chi connectivity index (χ2v) is 7.03. The molecule has 0 aliphatic heterocycles. The predicted molar refractivity (Wildman–Crippen MR) is 102 cm³/mol. The topological polar surface area (TPSA) is 68.2 Å². The fraction of sp³-hybridized carbons (Fsp3) is 0.476. The summed E-state index contributed by atoms with van der Waals surface area (Å²) in [6.45, 7) is 4.63. The lowest BCUT2D eigenvalue weighted by atomic mass is 9.97. The Kier molecular flexibility index (Phi) is 6.97. The van der Waals surface area contributed by atoms with Gasteiger partial charge in [0.05, 0.1) is 12.3 Å². The van der Waals surface area contributed by atoms with Gasteiger partial charge < -0.3 is 15.4 Å². The first-order chi connectivity index (χ1) is 12.0. The van der Waals surface area contributed by atoms with Gasteiger partial charge in [-0.15, -0.1) is 0 Å². The fourth-order valence-corrected chi connectivity index (χ4v) is 3.06. The monoisotopic (exact) mass is 342 g/mol. The number of hydrogen-bond donors (Lipinski definition) is 2. The van der Waals surface area contributed by atoms with Crippen LogP contribution in [-0.2, 0) is 19.4 Å². The highest BCUT2D eigenvalue weighted by molar-refractivity contribution is 5.94. The molecule has 0 bridgehead atoms. The van der Waals surface area contributed by atoms with E-state index in [2.05, 4.69) is 23.6 Å². The molecule has 1 atom stereocenters. The molecule has 1 aromatic heterocycles. The lowest BCUT2D eigenvalue weighted by Crippen LogP contribution is -2.40. The average Bonchev–Trinajstić information content (AvgIpc) is 3.04. The summed E-state index contributed by atoms with van der Waals surface area (Å²) in [6, 6.07) is 14.2. The van der Waals surface area contributed by atoms with Crippen LogP contribution in [0.15, 0.2) is 42.5 Å². The number of nitrogens with zero attached hydrogens (tertiary/aromatic N) is 1. The molecule has 0 radical (unpaired) electrons. The zero-order valence-corrected chi connectivity index (χ0v) is 15.4. The van der Waals surface area contributed by atoms with Crippen LogP contribution < -0.4 is 5.73 Å². The molecule has 2 aromatic rings. The SMILES string of the molecule is CCn1c(CCC(C)(N)CO)ccc1C(=O)CCCc1ccccc1. The van der Waals surface area contributed by atoms with Crippen molar-refractivity contribution < 1.29 is 9.90 Å². The van der Waals surface area contributed by atoms with E-state index in [9.17, 15) is 9.90 Å². The summed E-state index contributed by atoms with van der Waals surface area (Å²) in [4.78, 5) is 12.6. The summed E-state index contributed by atoms with van der Waals surface area (Å²) in [5, 5.41) is 9.30. The Morgan fingerprint density at radius 2 is 1.88 bits per heavy atom. The first kappa shape index (κ1) is 19.4.